The van der Waals surface area contributed by atoms with E-state index in [1.807, 2.05) is 0 Å². The summed E-state index contributed by atoms with van der Waals surface area (Å²) < 4.78 is 0. The zero-order valence-electron chi connectivity index (χ0n) is 10.5. The van der Waals surface area contributed by atoms with E-state index in [1.54, 1.807) is 0 Å². The van der Waals surface area contributed by atoms with E-state index in [0.717, 1.165) is 32.1 Å². The molecule has 0 aromatic carbocycles. The lowest BCUT2D eigenvalue weighted by Crippen LogP contribution is -2.47. The molecular weight excluding hydrogens is 236 g/mol. The first-order valence-corrected chi connectivity index (χ1v) is 6.35. The van der Waals surface area contributed by atoms with E-state index >= 15 is 0 Å². The van der Waals surface area contributed by atoms with E-state index in [0.29, 0.717) is 6.54 Å². The molecule has 0 bridgehead atoms. The smallest absolute Gasteiger partial charge is 0.305 e. The standard InChI is InChI=1S/C12H22N2O4/c13-9(6-10(16)17)11(18)14-7-12(8-15)4-2-1-3-5-12/h9,15H,1-8,13H2,(H,14,18)(H,16,17). The summed E-state index contributed by atoms with van der Waals surface area (Å²) in [5, 5.41) is 20.7. The molecule has 5 N–H and O–H groups in total. The van der Waals surface area contributed by atoms with Crippen LogP contribution in [0.5, 0.6) is 0 Å². The molecule has 104 valence electrons. The predicted molar refractivity (Wildman–Crippen MR) is 65.8 cm³/mol. The third-order valence-electron chi connectivity index (χ3n) is 3.62. The number of carbonyl (C=O) groups is 2. The van der Waals surface area contributed by atoms with Crippen LogP contribution in [-0.2, 0) is 9.59 Å². The van der Waals surface area contributed by atoms with Gasteiger partial charge < -0.3 is 21.3 Å². The van der Waals surface area contributed by atoms with E-state index in [-0.39, 0.29) is 18.4 Å². The van der Waals surface area contributed by atoms with Crippen molar-refractivity contribution in [3.63, 3.8) is 0 Å². The molecular formula is C12H22N2O4. The third-order valence-corrected chi connectivity index (χ3v) is 3.62. The van der Waals surface area contributed by atoms with Gasteiger partial charge in [0.05, 0.1) is 19.1 Å². The molecule has 0 saturated heterocycles. The fourth-order valence-corrected chi connectivity index (χ4v) is 2.38. The van der Waals surface area contributed by atoms with Crippen LogP contribution in [0.25, 0.3) is 0 Å². The quantitative estimate of drug-likeness (QED) is 0.529. The lowest BCUT2D eigenvalue weighted by atomic mass is 9.74. The molecule has 1 aliphatic carbocycles. The van der Waals surface area contributed by atoms with Crippen LogP contribution in [-0.4, -0.2) is 41.3 Å². The van der Waals surface area contributed by atoms with Crippen molar-refractivity contribution in [2.75, 3.05) is 13.2 Å². The number of hydrogen-bond acceptors (Lipinski definition) is 4. The maximum Gasteiger partial charge on any atom is 0.305 e. The highest BCUT2D eigenvalue weighted by molar-refractivity contribution is 5.85. The van der Waals surface area contributed by atoms with Crippen molar-refractivity contribution < 1.29 is 19.8 Å². The molecule has 1 fully saturated rings. The summed E-state index contributed by atoms with van der Waals surface area (Å²) in [4.78, 5) is 22.0. The first-order valence-electron chi connectivity index (χ1n) is 6.35. The molecule has 1 unspecified atom stereocenters. The van der Waals surface area contributed by atoms with Crippen molar-refractivity contribution in [3.05, 3.63) is 0 Å². The van der Waals surface area contributed by atoms with E-state index in [4.69, 9.17) is 10.8 Å². The minimum absolute atomic E-state index is 0.0431. The summed E-state index contributed by atoms with van der Waals surface area (Å²) in [5.41, 5.74) is 5.21. The molecule has 18 heavy (non-hydrogen) atoms. The van der Waals surface area contributed by atoms with E-state index < -0.39 is 17.9 Å². The Balaban J connectivity index is 2.42. The van der Waals surface area contributed by atoms with Gasteiger partial charge in [-0.05, 0) is 12.8 Å². The molecule has 0 aromatic heterocycles. The number of nitrogens with one attached hydrogen (secondary N) is 1. The van der Waals surface area contributed by atoms with Crippen molar-refractivity contribution in [3.8, 4) is 0 Å². The number of rotatable bonds is 6. The van der Waals surface area contributed by atoms with Gasteiger partial charge in [-0.15, -0.1) is 0 Å². The summed E-state index contributed by atoms with van der Waals surface area (Å²) in [6.45, 7) is 0.414. The van der Waals surface area contributed by atoms with E-state index in [1.165, 1.54) is 0 Å². The fraction of sp³-hybridized carbons (Fsp3) is 0.833. The molecule has 1 saturated carbocycles. The van der Waals surface area contributed by atoms with Crippen molar-refractivity contribution >= 4 is 11.9 Å². The summed E-state index contributed by atoms with van der Waals surface area (Å²) in [5.74, 6) is -1.55. The zero-order valence-corrected chi connectivity index (χ0v) is 10.5. The molecule has 6 nitrogen and oxygen atoms in total. The number of aliphatic hydroxyl groups is 1. The Morgan fingerprint density at radius 3 is 2.39 bits per heavy atom. The van der Waals surface area contributed by atoms with Crippen molar-refractivity contribution in [1.29, 1.82) is 0 Å². The van der Waals surface area contributed by atoms with E-state index in [2.05, 4.69) is 5.32 Å². The van der Waals surface area contributed by atoms with Crippen LogP contribution in [0.15, 0.2) is 0 Å². The first-order chi connectivity index (χ1) is 8.49. The van der Waals surface area contributed by atoms with Crippen molar-refractivity contribution in [2.24, 2.45) is 11.1 Å². The summed E-state index contributed by atoms with van der Waals surface area (Å²) in [6.07, 6.45) is 4.66. The van der Waals surface area contributed by atoms with Crippen LogP contribution >= 0.6 is 0 Å². The zero-order chi connectivity index (χ0) is 13.6. The van der Waals surface area contributed by atoms with Gasteiger partial charge in [0.1, 0.15) is 0 Å². The average molecular weight is 258 g/mol. The average Bonchev–Trinajstić information content (AvgIpc) is 2.36. The second kappa shape index (κ2) is 6.70. The number of nitrogens with two attached hydrogens (primary N) is 1. The Morgan fingerprint density at radius 2 is 1.89 bits per heavy atom. The van der Waals surface area contributed by atoms with E-state index in [9.17, 15) is 14.7 Å². The van der Waals surface area contributed by atoms with Crippen molar-refractivity contribution in [1.82, 2.24) is 5.32 Å². The number of aliphatic hydroxyl groups excluding tert-OH is 1. The second-order valence-corrected chi connectivity index (χ2v) is 5.14. The number of amides is 1. The number of carboxylic acids is 1. The SMILES string of the molecule is NC(CC(=O)O)C(=O)NCC1(CO)CCCCC1. The normalized spacial score (nSPS) is 20.1. The summed E-state index contributed by atoms with van der Waals surface area (Å²) >= 11 is 0. The lowest BCUT2D eigenvalue weighted by molar-refractivity contribution is -0.139. The molecule has 1 atom stereocenters. The topological polar surface area (TPSA) is 113 Å². The maximum absolute atomic E-state index is 11.6. The highest BCUT2D eigenvalue weighted by atomic mass is 16.4. The highest BCUT2D eigenvalue weighted by Gasteiger charge is 2.32. The number of carbonyl (C=O) groups excluding carboxylic acids is 1. The minimum atomic E-state index is -1.09. The Bertz CT molecular complexity index is 300. The molecule has 0 spiro atoms. The van der Waals surface area contributed by atoms with Crippen LogP contribution in [0, 0.1) is 5.41 Å². The molecule has 1 amide bonds. The van der Waals surface area contributed by atoms with Crippen LogP contribution in [0.4, 0.5) is 0 Å². The molecule has 1 aliphatic rings. The number of hydrogen-bond donors (Lipinski definition) is 4. The summed E-state index contributed by atoms with van der Waals surface area (Å²) in [6, 6.07) is -1.03. The van der Waals surface area contributed by atoms with Gasteiger partial charge >= 0.3 is 5.97 Å². The highest BCUT2D eigenvalue weighted by Crippen LogP contribution is 2.35. The minimum Gasteiger partial charge on any atom is -0.481 e. The van der Waals surface area contributed by atoms with Gasteiger partial charge in [0, 0.05) is 12.0 Å². The monoisotopic (exact) mass is 258 g/mol. The Kier molecular flexibility index (Phi) is 5.55. The summed E-state index contributed by atoms with van der Waals surface area (Å²) in [7, 11) is 0. The van der Waals surface area contributed by atoms with Gasteiger partial charge in [-0.1, -0.05) is 19.3 Å². The lowest BCUT2D eigenvalue weighted by Gasteiger charge is -2.35. The van der Waals surface area contributed by atoms with Gasteiger partial charge in [0.25, 0.3) is 0 Å². The van der Waals surface area contributed by atoms with Gasteiger partial charge in [-0.2, -0.15) is 0 Å². The van der Waals surface area contributed by atoms with Crippen LogP contribution in [0.1, 0.15) is 38.5 Å². The second-order valence-electron chi connectivity index (χ2n) is 5.14. The Morgan fingerprint density at radius 1 is 1.28 bits per heavy atom. The number of carboxylic acid groups (broad SMARTS) is 1. The van der Waals surface area contributed by atoms with Crippen LogP contribution in [0.2, 0.25) is 0 Å². The number of aliphatic carboxylic acids is 1. The van der Waals surface area contributed by atoms with Gasteiger partial charge in [-0.25, -0.2) is 0 Å². The molecule has 0 aromatic rings. The molecule has 0 aliphatic heterocycles. The fourth-order valence-electron chi connectivity index (χ4n) is 2.38. The molecule has 0 heterocycles. The molecule has 1 rings (SSSR count). The van der Waals surface area contributed by atoms with Gasteiger partial charge in [0.2, 0.25) is 5.91 Å². The largest absolute Gasteiger partial charge is 0.481 e. The van der Waals surface area contributed by atoms with Gasteiger partial charge in [-0.3, -0.25) is 9.59 Å². The third kappa shape index (κ3) is 4.27. The predicted octanol–water partition coefficient (Wildman–Crippen LogP) is -0.153. The van der Waals surface area contributed by atoms with Crippen LogP contribution in [0.3, 0.4) is 0 Å². The molecule has 6 heteroatoms. The van der Waals surface area contributed by atoms with Crippen LogP contribution < -0.4 is 11.1 Å². The van der Waals surface area contributed by atoms with Crippen molar-refractivity contribution in [2.45, 2.75) is 44.6 Å². The van der Waals surface area contributed by atoms with Gasteiger partial charge in [0.15, 0.2) is 0 Å². The Hall–Kier alpha value is -1.14. The first kappa shape index (κ1) is 14.9. The maximum atomic E-state index is 11.6. The molecule has 0 radical (unpaired) electrons. The Labute approximate surface area is 107 Å².